The molecule has 0 atom stereocenters. The maximum atomic E-state index is 11.6. The van der Waals surface area contributed by atoms with Gasteiger partial charge in [-0.15, -0.1) is 11.3 Å². The van der Waals surface area contributed by atoms with Crippen LogP contribution in [0.25, 0.3) is 0 Å². The molecule has 0 aliphatic rings. The predicted molar refractivity (Wildman–Crippen MR) is 93.3 cm³/mol. The van der Waals surface area contributed by atoms with E-state index < -0.39 is 16.0 Å². The highest BCUT2D eigenvalue weighted by molar-refractivity contribution is 7.89. The summed E-state index contributed by atoms with van der Waals surface area (Å²) in [6.07, 6.45) is 0. The third-order valence-electron chi connectivity index (χ3n) is 2.72. The number of primary sulfonamides is 1. The molecule has 1 aromatic carbocycles. The molecule has 4 N–H and O–H groups in total. The third-order valence-corrected chi connectivity index (χ3v) is 4.75. The van der Waals surface area contributed by atoms with Gasteiger partial charge in [0, 0.05) is 5.69 Å². The summed E-state index contributed by atoms with van der Waals surface area (Å²) >= 11 is 6.39. The van der Waals surface area contributed by atoms with E-state index in [1.165, 1.54) is 42.7 Å². The van der Waals surface area contributed by atoms with Crippen molar-refractivity contribution in [3.63, 3.8) is 0 Å². The van der Waals surface area contributed by atoms with Crippen molar-refractivity contribution in [3.8, 4) is 0 Å². The minimum Gasteiger partial charge on any atom is -0.465 e. The average molecular weight is 371 g/mol. The van der Waals surface area contributed by atoms with Crippen molar-refractivity contribution < 1.29 is 17.9 Å². The van der Waals surface area contributed by atoms with Crippen LogP contribution < -0.4 is 15.8 Å². The fraction of sp³-hybridized carbons (Fsp3) is 0.0769. The number of rotatable bonds is 4. The topological polar surface area (TPSA) is 111 Å². The van der Waals surface area contributed by atoms with Gasteiger partial charge in [0.25, 0.3) is 0 Å². The molecule has 0 aliphatic heterocycles. The second-order valence-electron chi connectivity index (χ2n) is 4.30. The number of hydrogen-bond acceptors (Lipinski definition) is 6. The lowest BCUT2D eigenvalue weighted by atomic mass is 10.3. The molecule has 1 heterocycles. The van der Waals surface area contributed by atoms with E-state index in [0.717, 1.165) is 0 Å². The molecule has 0 saturated carbocycles. The molecule has 2 rings (SSSR count). The van der Waals surface area contributed by atoms with Crippen LogP contribution in [0.15, 0.2) is 40.6 Å². The van der Waals surface area contributed by atoms with Gasteiger partial charge in [-0.05, 0) is 47.9 Å². The number of ether oxygens (including phenoxy) is 1. The molecule has 0 spiro atoms. The Morgan fingerprint density at radius 1 is 1.22 bits per heavy atom. The van der Waals surface area contributed by atoms with Gasteiger partial charge in [0.2, 0.25) is 10.0 Å². The molecule has 0 amide bonds. The van der Waals surface area contributed by atoms with Crippen LogP contribution >= 0.6 is 23.6 Å². The quantitative estimate of drug-likeness (QED) is 0.557. The normalized spacial score (nSPS) is 10.9. The SMILES string of the molecule is COC(=O)c1sccc1NC(=S)Nc1ccc(S(N)(=O)=O)cc1. The van der Waals surface area contributed by atoms with E-state index in [-0.39, 0.29) is 10.0 Å². The number of nitrogens with two attached hydrogens (primary N) is 1. The Balaban J connectivity index is 2.06. The van der Waals surface area contributed by atoms with E-state index in [1.807, 2.05) is 0 Å². The Hall–Kier alpha value is -2.01. The van der Waals surface area contributed by atoms with E-state index in [4.69, 9.17) is 17.4 Å². The first-order valence-electron chi connectivity index (χ1n) is 6.18. The van der Waals surface area contributed by atoms with Crippen molar-refractivity contribution in [2.75, 3.05) is 17.7 Å². The lowest BCUT2D eigenvalue weighted by molar-refractivity contribution is 0.0607. The Morgan fingerprint density at radius 3 is 2.43 bits per heavy atom. The van der Waals surface area contributed by atoms with Crippen LogP contribution in [0.4, 0.5) is 11.4 Å². The number of carbonyl (C=O) groups excluding carboxylic acids is 1. The molecule has 23 heavy (non-hydrogen) atoms. The Morgan fingerprint density at radius 2 is 1.87 bits per heavy atom. The number of hydrogen-bond donors (Lipinski definition) is 3. The number of esters is 1. The minimum absolute atomic E-state index is 0.00717. The van der Waals surface area contributed by atoms with Crippen LogP contribution in [-0.2, 0) is 14.8 Å². The van der Waals surface area contributed by atoms with Gasteiger partial charge < -0.3 is 15.4 Å². The summed E-state index contributed by atoms with van der Waals surface area (Å²) in [5.74, 6) is -0.456. The van der Waals surface area contributed by atoms with Gasteiger partial charge in [-0.25, -0.2) is 18.4 Å². The number of methoxy groups -OCH3 is 1. The highest BCUT2D eigenvalue weighted by atomic mass is 32.2. The molecule has 0 bridgehead atoms. The largest absolute Gasteiger partial charge is 0.465 e. The Bertz CT molecular complexity index is 828. The summed E-state index contributed by atoms with van der Waals surface area (Å²) < 4.78 is 27.0. The minimum atomic E-state index is -3.73. The van der Waals surface area contributed by atoms with E-state index in [0.29, 0.717) is 16.3 Å². The van der Waals surface area contributed by atoms with Crippen LogP contribution in [0.3, 0.4) is 0 Å². The van der Waals surface area contributed by atoms with E-state index >= 15 is 0 Å². The summed E-state index contributed by atoms with van der Waals surface area (Å²) in [6, 6.07) is 7.50. The molecular weight excluding hydrogens is 358 g/mol. The lowest BCUT2D eigenvalue weighted by Gasteiger charge is -2.11. The molecule has 0 radical (unpaired) electrons. The van der Waals surface area contributed by atoms with Crippen LogP contribution in [0.2, 0.25) is 0 Å². The van der Waals surface area contributed by atoms with E-state index in [2.05, 4.69) is 15.4 Å². The molecular formula is C13H13N3O4S3. The Kier molecular flexibility index (Phi) is 5.31. The van der Waals surface area contributed by atoms with Crippen LogP contribution in [0, 0.1) is 0 Å². The summed E-state index contributed by atoms with van der Waals surface area (Å²) in [4.78, 5) is 12.0. The van der Waals surface area contributed by atoms with Gasteiger partial charge in [-0.1, -0.05) is 0 Å². The summed E-state index contributed by atoms with van der Waals surface area (Å²) in [5.41, 5.74) is 1.10. The fourth-order valence-corrected chi connectivity index (χ4v) is 3.18. The highest BCUT2D eigenvalue weighted by Crippen LogP contribution is 2.23. The second kappa shape index (κ2) is 7.04. The van der Waals surface area contributed by atoms with Crippen molar-refractivity contribution in [2.24, 2.45) is 5.14 Å². The molecule has 122 valence electrons. The zero-order chi connectivity index (χ0) is 17.0. The third kappa shape index (κ3) is 4.48. The van der Waals surface area contributed by atoms with Gasteiger partial charge in [0.1, 0.15) is 4.88 Å². The van der Waals surface area contributed by atoms with Crippen molar-refractivity contribution >= 4 is 56.0 Å². The summed E-state index contributed by atoms with van der Waals surface area (Å²) in [6.45, 7) is 0. The number of carbonyl (C=O) groups is 1. The molecule has 0 saturated heterocycles. The number of sulfonamides is 1. The van der Waals surface area contributed by atoms with Gasteiger partial charge in [-0.3, -0.25) is 0 Å². The molecule has 0 unspecified atom stereocenters. The highest BCUT2D eigenvalue weighted by Gasteiger charge is 2.14. The second-order valence-corrected chi connectivity index (χ2v) is 7.19. The standard InChI is InChI=1S/C13H13N3O4S3/c1-20-12(17)11-10(6-7-22-11)16-13(21)15-8-2-4-9(5-3-8)23(14,18)19/h2-7H,1H3,(H2,14,18,19)(H2,15,16,21). The summed E-state index contributed by atoms with van der Waals surface area (Å²) in [5, 5.41) is 12.8. The smallest absolute Gasteiger partial charge is 0.350 e. The monoisotopic (exact) mass is 371 g/mol. The average Bonchev–Trinajstić information content (AvgIpc) is 2.94. The summed E-state index contributed by atoms with van der Waals surface area (Å²) in [7, 11) is -2.43. The van der Waals surface area contributed by atoms with Crippen LogP contribution in [0.5, 0.6) is 0 Å². The molecule has 0 fully saturated rings. The number of nitrogens with one attached hydrogen (secondary N) is 2. The molecule has 2 aromatic rings. The van der Waals surface area contributed by atoms with Crippen molar-refractivity contribution in [2.45, 2.75) is 4.90 Å². The zero-order valence-corrected chi connectivity index (χ0v) is 14.3. The number of anilines is 2. The maximum Gasteiger partial charge on any atom is 0.350 e. The van der Waals surface area contributed by atoms with Crippen LogP contribution in [0.1, 0.15) is 9.67 Å². The first-order valence-corrected chi connectivity index (χ1v) is 9.01. The first-order chi connectivity index (χ1) is 10.8. The zero-order valence-electron chi connectivity index (χ0n) is 11.9. The van der Waals surface area contributed by atoms with Crippen molar-refractivity contribution in [3.05, 3.63) is 40.6 Å². The van der Waals surface area contributed by atoms with Gasteiger partial charge >= 0.3 is 5.97 Å². The molecule has 0 aliphatic carbocycles. The fourth-order valence-electron chi connectivity index (χ4n) is 1.67. The number of thiocarbonyl (C=S) groups is 1. The molecule has 7 nitrogen and oxygen atoms in total. The van der Waals surface area contributed by atoms with E-state index in [1.54, 1.807) is 11.4 Å². The first kappa shape index (κ1) is 17.3. The van der Waals surface area contributed by atoms with Crippen LogP contribution in [-0.4, -0.2) is 26.6 Å². The number of thiophene rings is 1. The van der Waals surface area contributed by atoms with Gasteiger partial charge in [0.15, 0.2) is 5.11 Å². The predicted octanol–water partition coefficient (Wildman–Crippen LogP) is 1.99. The Labute approximate surface area is 142 Å². The van der Waals surface area contributed by atoms with Crippen molar-refractivity contribution in [1.82, 2.24) is 0 Å². The lowest BCUT2D eigenvalue weighted by Crippen LogP contribution is -2.20. The molecule has 1 aromatic heterocycles. The van der Waals surface area contributed by atoms with Gasteiger partial charge in [-0.2, -0.15) is 0 Å². The maximum absolute atomic E-state index is 11.6. The molecule has 10 heteroatoms. The van der Waals surface area contributed by atoms with Gasteiger partial charge in [0.05, 0.1) is 17.7 Å². The van der Waals surface area contributed by atoms with E-state index in [9.17, 15) is 13.2 Å². The van der Waals surface area contributed by atoms with Crippen molar-refractivity contribution in [1.29, 1.82) is 0 Å². The number of benzene rings is 1.